The number of Topliss-reactive ketones (excluding diaryl/α,β-unsaturated/α-hetero) is 1. The Kier molecular flexibility index (Phi) is 4.76. The summed E-state index contributed by atoms with van der Waals surface area (Å²) in [6.45, 7) is 1.30. The number of carbonyl (C=O) groups is 1. The van der Waals surface area contributed by atoms with Crippen molar-refractivity contribution in [2.45, 2.75) is 43.5 Å². The molecule has 0 radical (unpaired) electrons. The molecular weight excluding hydrogens is 288 g/mol. The molecule has 0 unspecified atom stereocenters. The molecular formula is C15H18N2O3S. The van der Waals surface area contributed by atoms with Crippen LogP contribution in [0.15, 0.2) is 29.2 Å². The summed E-state index contributed by atoms with van der Waals surface area (Å²) in [6, 6.07) is 7.74. The highest BCUT2D eigenvalue weighted by molar-refractivity contribution is 7.89. The molecule has 0 aliphatic heterocycles. The van der Waals surface area contributed by atoms with E-state index in [4.69, 9.17) is 5.26 Å². The molecule has 1 aromatic rings. The molecule has 1 aliphatic rings. The predicted molar refractivity (Wildman–Crippen MR) is 78.2 cm³/mol. The van der Waals surface area contributed by atoms with Gasteiger partial charge in [0.1, 0.15) is 6.54 Å². The van der Waals surface area contributed by atoms with E-state index in [0.29, 0.717) is 5.56 Å². The van der Waals surface area contributed by atoms with Crippen LogP contribution >= 0.6 is 0 Å². The molecule has 1 aromatic carbocycles. The Balaban J connectivity index is 2.33. The summed E-state index contributed by atoms with van der Waals surface area (Å²) >= 11 is 0. The van der Waals surface area contributed by atoms with E-state index >= 15 is 0 Å². The number of ketones is 1. The first-order valence-corrected chi connectivity index (χ1v) is 8.40. The van der Waals surface area contributed by atoms with E-state index in [0.717, 1.165) is 25.7 Å². The highest BCUT2D eigenvalue weighted by Gasteiger charge is 2.33. The van der Waals surface area contributed by atoms with Crippen molar-refractivity contribution in [2.75, 3.05) is 6.54 Å². The first-order valence-electron chi connectivity index (χ1n) is 6.96. The third-order valence-electron chi connectivity index (χ3n) is 3.83. The Morgan fingerprint density at radius 3 is 2.33 bits per heavy atom. The van der Waals surface area contributed by atoms with Gasteiger partial charge < -0.3 is 0 Å². The van der Waals surface area contributed by atoms with Crippen LogP contribution < -0.4 is 0 Å². The molecule has 0 atom stereocenters. The van der Waals surface area contributed by atoms with Gasteiger partial charge in [-0.3, -0.25) is 4.79 Å². The second-order valence-electron chi connectivity index (χ2n) is 5.23. The molecule has 21 heavy (non-hydrogen) atoms. The number of rotatable bonds is 5. The fraction of sp³-hybridized carbons (Fsp3) is 0.467. The van der Waals surface area contributed by atoms with Crippen LogP contribution in [-0.4, -0.2) is 31.1 Å². The van der Waals surface area contributed by atoms with Crippen molar-refractivity contribution in [1.29, 1.82) is 5.26 Å². The molecule has 1 aliphatic carbocycles. The van der Waals surface area contributed by atoms with E-state index in [1.54, 1.807) is 0 Å². The number of nitrogens with zero attached hydrogens (tertiary/aromatic N) is 2. The summed E-state index contributed by atoms with van der Waals surface area (Å²) in [5.41, 5.74) is 0.474. The average molecular weight is 306 g/mol. The Morgan fingerprint density at radius 2 is 1.86 bits per heavy atom. The molecule has 0 amide bonds. The Labute approximate surface area is 125 Å². The van der Waals surface area contributed by atoms with Crippen LogP contribution in [-0.2, 0) is 10.0 Å². The lowest BCUT2D eigenvalue weighted by atomic mass is 10.2. The average Bonchev–Trinajstić information content (AvgIpc) is 2.98. The zero-order valence-corrected chi connectivity index (χ0v) is 12.8. The molecule has 6 heteroatoms. The largest absolute Gasteiger partial charge is 0.295 e. The van der Waals surface area contributed by atoms with E-state index in [-0.39, 0.29) is 23.3 Å². The van der Waals surface area contributed by atoms with Crippen molar-refractivity contribution < 1.29 is 13.2 Å². The van der Waals surface area contributed by atoms with Gasteiger partial charge in [0.15, 0.2) is 5.78 Å². The number of nitriles is 1. The predicted octanol–water partition coefficient (Wildman–Crippen LogP) is 2.35. The zero-order chi connectivity index (χ0) is 15.5. The summed E-state index contributed by atoms with van der Waals surface area (Å²) < 4.78 is 26.7. The summed E-state index contributed by atoms with van der Waals surface area (Å²) in [4.78, 5) is 11.4. The molecule has 112 valence electrons. The van der Waals surface area contributed by atoms with Crippen LogP contribution in [0, 0.1) is 11.3 Å². The van der Waals surface area contributed by atoms with Crippen molar-refractivity contribution in [2.24, 2.45) is 0 Å². The molecule has 1 saturated carbocycles. The van der Waals surface area contributed by atoms with Gasteiger partial charge >= 0.3 is 0 Å². The molecule has 5 nitrogen and oxygen atoms in total. The summed E-state index contributed by atoms with van der Waals surface area (Å²) in [6.07, 6.45) is 3.58. The van der Waals surface area contributed by atoms with Gasteiger partial charge in [-0.15, -0.1) is 0 Å². The van der Waals surface area contributed by atoms with Crippen molar-refractivity contribution in [3.63, 3.8) is 0 Å². The molecule has 0 aromatic heterocycles. The van der Waals surface area contributed by atoms with Crippen molar-refractivity contribution >= 4 is 15.8 Å². The Morgan fingerprint density at radius 1 is 1.29 bits per heavy atom. The smallest absolute Gasteiger partial charge is 0.244 e. The SMILES string of the molecule is CC(=O)c1ccc(S(=O)(=O)N(CC#N)C2CCCC2)cc1. The summed E-state index contributed by atoms with van der Waals surface area (Å²) in [7, 11) is -3.69. The Bertz CT molecular complexity index is 653. The highest BCUT2D eigenvalue weighted by atomic mass is 32.2. The molecule has 1 fully saturated rings. The van der Waals surface area contributed by atoms with E-state index < -0.39 is 10.0 Å². The molecule has 2 rings (SSSR count). The van der Waals surface area contributed by atoms with Crippen molar-refractivity contribution in [3.8, 4) is 6.07 Å². The van der Waals surface area contributed by atoms with Gasteiger partial charge in [0.05, 0.1) is 11.0 Å². The van der Waals surface area contributed by atoms with Crippen molar-refractivity contribution in [3.05, 3.63) is 29.8 Å². The minimum Gasteiger partial charge on any atom is -0.295 e. The lowest BCUT2D eigenvalue weighted by molar-refractivity contribution is 0.101. The third kappa shape index (κ3) is 3.31. The quantitative estimate of drug-likeness (QED) is 0.618. The fourth-order valence-electron chi connectivity index (χ4n) is 2.67. The Hall–Kier alpha value is -1.71. The minimum absolute atomic E-state index is 0.0952. The fourth-order valence-corrected chi connectivity index (χ4v) is 4.25. The van der Waals surface area contributed by atoms with Crippen molar-refractivity contribution in [1.82, 2.24) is 4.31 Å². The maximum absolute atomic E-state index is 12.7. The first kappa shape index (κ1) is 15.7. The van der Waals surface area contributed by atoms with E-state index in [2.05, 4.69) is 0 Å². The molecule has 0 N–H and O–H groups in total. The lowest BCUT2D eigenvalue weighted by Gasteiger charge is -2.25. The second kappa shape index (κ2) is 6.37. The van der Waals surface area contributed by atoms with Gasteiger partial charge in [0, 0.05) is 11.6 Å². The maximum Gasteiger partial charge on any atom is 0.244 e. The lowest BCUT2D eigenvalue weighted by Crippen LogP contribution is -2.39. The number of benzene rings is 1. The van der Waals surface area contributed by atoms with Gasteiger partial charge in [0.25, 0.3) is 0 Å². The van der Waals surface area contributed by atoms with Gasteiger partial charge in [-0.2, -0.15) is 9.57 Å². The normalized spacial score (nSPS) is 16.0. The van der Waals surface area contributed by atoms with Crippen LogP contribution in [0.2, 0.25) is 0 Å². The number of carbonyl (C=O) groups excluding carboxylic acids is 1. The van der Waals surface area contributed by atoms with Crippen LogP contribution in [0.5, 0.6) is 0 Å². The number of hydrogen-bond donors (Lipinski definition) is 0. The monoisotopic (exact) mass is 306 g/mol. The minimum atomic E-state index is -3.69. The number of hydrogen-bond acceptors (Lipinski definition) is 4. The third-order valence-corrected chi connectivity index (χ3v) is 5.74. The van der Waals surface area contributed by atoms with E-state index in [1.807, 2.05) is 6.07 Å². The second-order valence-corrected chi connectivity index (χ2v) is 7.12. The molecule has 0 bridgehead atoms. The molecule has 0 heterocycles. The van der Waals surface area contributed by atoms with Gasteiger partial charge in [-0.1, -0.05) is 25.0 Å². The molecule has 0 spiro atoms. The van der Waals surface area contributed by atoms with Gasteiger partial charge in [-0.05, 0) is 31.9 Å². The van der Waals surface area contributed by atoms with Crippen LogP contribution in [0.1, 0.15) is 43.0 Å². The summed E-state index contributed by atoms with van der Waals surface area (Å²) in [5.74, 6) is -0.108. The van der Waals surface area contributed by atoms with Gasteiger partial charge in [-0.25, -0.2) is 8.42 Å². The van der Waals surface area contributed by atoms with Gasteiger partial charge in [0.2, 0.25) is 10.0 Å². The van der Waals surface area contributed by atoms with E-state index in [9.17, 15) is 13.2 Å². The number of sulfonamides is 1. The summed E-state index contributed by atoms with van der Waals surface area (Å²) in [5, 5.41) is 8.92. The van der Waals surface area contributed by atoms with Crippen LogP contribution in [0.25, 0.3) is 0 Å². The standard InChI is InChI=1S/C15H18N2O3S/c1-12(18)13-6-8-15(9-7-13)21(19,20)17(11-10-16)14-4-2-3-5-14/h6-9,14H,2-5,11H2,1H3. The molecule has 0 saturated heterocycles. The maximum atomic E-state index is 12.7. The van der Waals surface area contributed by atoms with Crippen LogP contribution in [0.4, 0.5) is 0 Å². The van der Waals surface area contributed by atoms with Crippen LogP contribution in [0.3, 0.4) is 0 Å². The zero-order valence-electron chi connectivity index (χ0n) is 11.9. The first-order chi connectivity index (χ1) is 9.96. The highest BCUT2D eigenvalue weighted by Crippen LogP contribution is 2.28. The van der Waals surface area contributed by atoms with E-state index in [1.165, 1.54) is 35.5 Å². The topological polar surface area (TPSA) is 78.2 Å².